The molecule has 1 unspecified atom stereocenters. The molecule has 33 heavy (non-hydrogen) atoms. The monoisotopic (exact) mass is 445 g/mol. The van der Waals surface area contributed by atoms with E-state index >= 15 is 0 Å². The predicted molar refractivity (Wildman–Crippen MR) is 138 cm³/mol. The molecule has 0 radical (unpaired) electrons. The van der Waals surface area contributed by atoms with Crippen molar-refractivity contribution < 1.29 is 9.84 Å². The molecule has 0 aromatic heterocycles. The Morgan fingerprint density at radius 2 is 1.45 bits per heavy atom. The van der Waals surface area contributed by atoms with Gasteiger partial charge in [-0.15, -0.1) is 0 Å². The number of benzene rings is 3. The molecule has 1 N–H and O–H groups in total. The number of nitrogens with zero attached hydrogens (tertiary/aromatic N) is 1. The molecule has 0 saturated heterocycles. The van der Waals surface area contributed by atoms with Crippen molar-refractivity contribution in [1.82, 2.24) is 4.90 Å². The summed E-state index contributed by atoms with van der Waals surface area (Å²) in [6.07, 6.45) is 0.918. The van der Waals surface area contributed by atoms with Crippen molar-refractivity contribution in [3.05, 3.63) is 95.1 Å². The molecule has 0 bridgehead atoms. The zero-order valence-electron chi connectivity index (χ0n) is 21.0. The van der Waals surface area contributed by atoms with Crippen LogP contribution in [0.2, 0.25) is 0 Å². The van der Waals surface area contributed by atoms with Crippen molar-refractivity contribution in [3.8, 4) is 11.5 Å². The lowest BCUT2D eigenvalue weighted by molar-refractivity contribution is 0.123. The van der Waals surface area contributed by atoms with E-state index in [2.05, 4.69) is 82.8 Å². The van der Waals surface area contributed by atoms with Gasteiger partial charge in [0.25, 0.3) is 0 Å². The minimum Gasteiger partial charge on any atom is -0.508 e. The summed E-state index contributed by atoms with van der Waals surface area (Å²) >= 11 is 0. The molecule has 0 fully saturated rings. The highest BCUT2D eigenvalue weighted by Gasteiger charge is 2.23. The molecular weight excluding hydrogens is 406 g/mol. The van der Waals surface area contributed by atoms with Crippen molar-refractivity contribution in [3.63, 3.8) is 0 Å². The predicted octanol–water partition coefficient (Wildman–Crippen LogP) is 7.69. The molecule has 3 rings (SSSR count). The largest absolute Gasteiger partial charge is 0.508 e. The van der Waals surface area contributed by atoms with E-state index in [1.54, 1.807) is 6.07 Å². The molecule has 2 atom stereocenters. The Balaban J connectivity index is 1.93. The van der Waals surface area contributed by atoms with Crippen molar-refractivity contribution in [2.45, 2.75) is 78.6 Å². The number of phenolic OH excluding ortho intramolecular Hbond substituents is 1. The summed E-state index contributed by atoms with van der Waals surface area (Å²) in [4.78, 5) is 2.54. The third-order valence-electron chi connectivity index (χ3n) is 6.45. The van der Waals surface area contributed by atoms with E-state index in [9.17, 15) is 5.11 Å². The zero-order valence-corrected chi connectivity index (χ0v) is 21.0. The number of ether oxygens (including phenoxy) is 1. The average Bonchev–Trinajstić information content (AvgIpc) is 2.79. The maximum Gasteiger partial charge on any atom is 0.123 e. The summed E-state index contributed by atoms with van der Waals surface area (Å²) in [7, 11) is 0. The minimum atomic E-state index is 0.140. The molecule has 176 valence electrons. The van der Waals surface area contributed by atoms with Crippen molar-refractivity contribution in [2.75, 3.05) is 0 Å². The lowest BCUT2D eigenvalue weighted by atomic mass is 9.86. The van der Waals surface area contributed by atoms with Gasteiger partial charge in [0.1, 0.15) is 18.1 Å². The van der Waals surface area contributed by atoms with Gasteiger partial charge in [-0.3, -0.25) is 4.90 Å². The Morgan fingerprint density at radius 1 is 0.788 bits per heavy atom. The van der Waals surface area contributed by atoms with E-state index in [4.69, 9.17) is 4.74 Å². The second-order valence-electron chi connectivity index (χ2n) is 9.44. The normalized spacial score (nSPS) is 13.5. The highest BCUT2D eigenvalue weighted by Crippen LogP contribution is 2.38. The lowest BCUT2D eigenvalue weighted by Crippen LogP contribution is -2.39. The van der Waals surface area contributed by atoms with Crippen LogP contribution in [0.1, 0.15) is 82.2 Å². The quantitative estimate of drug-likeness (QED) is 0.347. The molecule has 0 spiro atoms. The smallest absolute Gasteiger partial charge is 0.123 e. The summed E-state index contributed by atoms with van der Waals surface area (Å²) in [5, 5.41) is 10.3. The Morgan fingerprint density at radius 3 is 2.09 bits per heavy atom. The maximum atomic E-state index is 10.3. The highest BCUT2D eigenvalue weighted by molar-refractivity contribution is 5.47. The SMILES string of the molecule is CC[C@H](c1cccc(C(C)N(C(C)C)C(C)C)c1)c1cc(O)ccc1OCc1ccccc1. The summed E-state index contributed by atoms with van der Waals surface area (Å²) in [6.45, 7) is 14.0. The van der Waals surface area contributed by atoms with Crippen LogP contribution in [0.5, 0.6) is 11.5 Å². The zero-order chi connectivity index (χ0) is 24.0. The highest BCUT2D eigenvalue weighted by atomic mass is 16.5. The van der Waals surface area contributed by atoms with Crippen LogP contribution in [-0.2, 0) is 6.61 Å². The van der Waals surface area contributed by atoms with E-state index in [0.717, 1.165) is 23.3 Å². The summed E-state index contributed by atoms with van der Waals surface area (Å²) in [5.74, 6) is 1.24. The molecule has 0 aliphatic carbocycles. The number of phenols is 1. The fourth-order valence-corrected chi connectivity index (χ4v) is 5.01. The second kappa shape index (κ2) is 11.4. The molecule has 3 aromatic carbocycles. The van der Waals surface area contributed by atoms with Gasteiger partial charge in [-0.1, -0.05) is 61.5 Å². The van der Waals surface area contributed by atoms with Crippen LogP contribution in [-0.4, -0.2) is 22.1 Å². The van der Waals surface area contributed by atoms with Crippen molar-refractivity contribution >= 4 is 0 Å². The van der Waals surface area contributed by atoms with Gasteiger partial charge in [0, 0.05) is 29.6 Å². The fourth-order valence-electron chi connectivity index (χ4n) is 5.01. The summed E-state index contributed by atoms with van der Waals surface area (Å²) in [5.41, 5.74) is 4.73. The van der Waals surface area contributed by atoms with Gasteiger partial charge in [0.2, 0.25) is 0 Å². The molecule has 3 heteroatoms. The topological polar surface area (TPSA) is 32.7 Å². The van der Waals surface area contributed by atoms with Crippen molar-refractivity contribution in [1.29, 1.82) is 0 Å². The molecule has 3 nitrogen and oxygen atoms in total. The number of hydrogen-bond acceptors (Lipinski definition) is 3. The first-order valence-corrected chi connectivity index (χ1v) is 12.2. The van der Waals surface area contributed by atoms with Crippen LogP contribution in [0.4, 0.5) is 0 Å². The number of rotatable bonds is 10. The van der Waals surface area contributed by atoms with Crippen LogP contribution in [0, 0.1) is 0 Å². The van der Waals surface area contributed by atoms with E-state index in [1.807, 2.05) is 30.3 Å². The first kappa shape index (κ1) is 24.9. The molecule has 3 aromatic rings. The molecule has 0 saturated carbocycles. The summed E-state index contributed by atoms with van der Waals surface area (Å²) in [6, 6.07) is 25.8. The summed E-state index contributed by atoms with van der Waals surface area (Å²) < 4.78 is 6.24. The third-order valence-corrected chi connectivity index (χ3v) is 6.45. The van der Waals surface area contributed by atoms with Gasteiger partial charge in [0.15, 0.2) is 0 Å². The van der Waals surface area contributed by atoms with Crippen LogP contribution in [0.15, 0.2) is 72.8 Å². The van der Waals surface area contributed by atoms with Crippen molar-refractivity contribution in [2.24, 2.45) is 0 Å². The van der Waals surface area contributed by atoms with Crippen LogP contribution in [0.25, 0.3) is 0 Å². The Labute approximate surface area is 200 Å². The van der Waals surface area contributed by atoms with E-state index < -0.39 is 0 Å². The number of hydrogen-bond donors (Lipinski definition) is 1. The Hall–Kier alpha value is -2.78. The first-order chi connectivity index (χ1) is 15.8. The van der Waals surface area contributed by atoms with Gasteiger partial charge in [-0.2, -0.15) is 0 Å². The standard InChI is InChI=1S/C30H39NO2/c1-7-28(26-15-11-14-25(18-26)23(6)31(21(2)3)22(4)5)29-19-27(32)16-17-30(29)33-20-24-12-9-8-10-13-24/h8-19,21-23,28,32H,7,20H2,1-6H3/t23?,28-/m1/s1. The third kappa shape index (κ3) is 6.17. The Bertz CT molecular complexity index is 1000. The first-order valence-electron chi connectivity index (χ1n) is 12.2. The second-order valence-corrected chi connectivity index (χ2v) is 9.44. The van der Waals surface area contributed by atoms with Gasteiger partial charge in [-0.25, -0.2) is 0 Å². The van der Waals surface area contributed by atoms with Gasteiger partial charge in [0.05, 0.1) is 0 Å². The van der Waals surface area contributed by atoms with E-state index in [-0.39, 0.29) is 11.7 Å². The average molecular weight is 446 g/mol. The van der Waals surface area contributed by atoms with Crippen LogP contribution >= 0.6 is 0 Å². The number of aromatic hydroxyl groups is 1. The molecule has 0 amide bonds. The molecular formula is C30H39NO2. The maximum absolute atomic E-state index is 10.3. The lowest BCUT2D eigenvalue weighted by Gasteiger charge is -2.37. The minimum absolute atomic E-state index is 0.140. The molecule has 0 heterocycles. The van der Waals surface area contributed by atoms with Crippen LogP contribution < -0.4 is 4.74 Å². The fraction of sp³-hybridized carbons (Fsp3) is 0.400. The molecule has 0 aliphatic heterocycles. The van der Waals surface area contributed by atoms with Gasteiger partial charge < -0.3 is 9.84 Å². The van der Waals surface area contributed by atoms with Gasteiger partial charge in [-0.05, 0) is 75.9 Å². The van der Waals surface area contributed by atoms with Crippen LogP contribution in [0.3, 0.4) is 0 Å². The van der Waals surface area contributed by atoms with E-state index in [0.29, 0.717) is 24.7 Å². The van der Waals surface area contributed by atoms with E-state index in [1.165, 1.54) is 11.1 Å². The Kier molecular flexibility index (Phi) is 8.57. The molecule has 0 aliphatic rings. The van der Waals surface area contributed by atoms with Gasteiger partial charge >= 0.3 is 0 Å².